The summed E-state index contributed by atoms with van der Waals surface area (Å²) in [5.74, 6) is -0.294. The van der Waals surface area contributed by atoms with Crippen LogP contribution >= 0.6 is 23.4 Å². The van der Waals surface area contributed by atoms with Crippen LogP contribution in [0.4, 0.5) is 0 Å². The molecule has 3 aromatic rings. The average Bonchev–Trinajstić information content (AvgIpc) is 2.72. The molecule has 2 aromatic carbocycles. The molecule has 0 bridgehead atoms. The van der Waals surface area contributed by atoms with Crippen molar-refractivity contribution in [2.75, 3.05) is 18.6 Å². The number of benzene rings is 2. The van der Waals surface area contributed by atoms with Gasteiger partial charge in [0.05, 0.1) is 17.3 Å². The molecule has 0 N–H and O–H groups in total. The lowest BCUT2D eigenvalue weighted by Gasteiger charge is -2.10. The van der Waals surface area contributed by atoms with E-state index < -0.39 is 9.84 Å². The molecule has 0 atom stereocenters. The van der Waals surface area contributed by atoms with Crippen LogP contribution in [0.5, 0.6) is 0 Å². The monoisotopic (exact) mass is 463 g/mol. The van der Waals surface area contributed by atoms with Crippen LogP contribution in [0, 0.1) is 0 Å². The second-order valence-corrected chi connectivity index (χ2v) is 9.58. The maximum absolute atomic E-state index is 11.7. The number of carbonyl (C=O) groups excluding carboxylic acids is 1. The van der Waals surface area contributed by atoms with Gasteiger partial charge in [-0.15, -0.1) is 10.2 Å². The van der Waals surface area contributed by atoms with E-state index in [2.05, 4.69) is 15.2 Å². The van der Waals surface area contributed by atoms with Crippen molar-refractivity contribution >= 4 is 39.2 Å². The van der Waals surface area contributed by atoms with Crippen molar-refractivity contribution in [2.24, 2.45) is 0 Å². The number of rotatable bonds is 7. The summed E-state index contributed by atoms with van der Waals surface area (Å²) >= 11 is 7.13. The Morgan fingerprint density at radius 1 is 1.00 bits per heavy atom. The van der Waals surface area contributed by atoms with Gasteiger partial charge >= 0.3 is 5.97 Å². The fraction of sp³-hybridized carbons (Fsp3) is 0.200. The van der Waals surface area contributed by atoms with E-state index in [0.717, 1.165) is 23.6 Å². The first kappa shape index (κ1) is 22.2. The van der Waals surface area contributed by atoms with E-state index in [0.29, 0.717) is 33.7 Å². The summed E-state index contributed by atoms with van der Waals surface area (Å²) in [6.45, 7) is 2.04. The number of sulfone groups is 1. The molecule has 0 aliphatic rings. The molecular weight excluding hydrogens is 446 g/mol. The van der Waals surface area contributed by atoms with Crippen LogP contribution in [-0.2, 0) is 19.4 Å². The third-order valence-corrected chi connectivity index (χ3v) is 6.16. The summed E-state index contributed by atoms with van der Waals surface area (Å²) in [4.78, 5) is 16.4. The highest BCUT2D eigenvalue weighted by Gasteiger charge is 2.16. The van der Waals surface area contributed by atoms with Crippen molar-refractivity contribution in [3.63, 3.8) is 0 Å². The van der Waals surface area contributed by atoms with E-state index in [1.165, 1.54) is 12.1 Å². The highest BCUT2D eigenvalue weighted by Crippen LogP contribution is 2.31. The third kappa shape index (κ3) is 5.56. The quantitative estimate of drug-likeness (QED) is 0.384. The molecule has 0 spiro atoms. The van der Waals surface area contributed by atoms with Crippen molar-refractivity contribution < 1.29 is 17.9 Å². The average molecular weight is 464 g/mol. The number of esters is 1. The zero-order chi connectivity index (χ0) is 21.7. The largest absolute Gasteiger partial charge is 0.465 e. The molecule has 0 fully saturated rings. The maximum Gasteiger partial charge on any atom is 0.316 e. The fourth-order valence-corrected chi connectivity index (χ4v) is 3.90. The van der Waals surface area contributed by atoms with Gasteiger partial charge in [-0.3, -0.25) is 4.79 Å². The van der Waals surface area contributed by atoms with Crippen LogP contribution in [0.2, 0.25) is 5.02 Å². The lowest BCUT2D eigenvalue weighted by atomic mass is 10.0. The van der Waals surface area contributed by atoms with Gasteiger partial charge in [0.25, 0.3) is 0 Å². The lowest BCUT2D eigenvalue weighted by molar-refractivity contribution is -0.139. The number of thioether (sulfide) groups is 1. The Labute approximate surface area is 183 Å². The summed E-state index contributed by atoms with van der Waals surface area (Å²) in [5, 5.41) is 9.31. The predicted molar refractivity (Wildman–Crippen MR) is 116 cm³/mol. The van der Waals surface area contributed by atoms with E-state index in [4.69, 9.17) is 16.3 Å². The molecule has 1 heterocycles. The number of hydrogen-bond acceptors (Lipinski definition) is 8. The van der Waals surface area contributed by atoms with E-state index in [9.17, 15) is 13.2 Å². The summed E-state index contributed by atoms with van der Waals surface area (Å²) in [6, 6.07) is 13.4. The van der Waals surface area contributed by atoms with Crippen LogP contribution in [0.1, 0.15) is 6.92 Å². The number of halogens is 1. The van der Waals surface area contributed by atoms with Crippen LogP contribution < -0.4 is 0 Å². The first-order chi connectivity index (χ1) is 14.3. The maximum atomic E-state index is 11.7. The van der Waals surface area contributed by atoms with Gasteiger partial charge in [0, 0.05) is 22.4 Å². The van der Waals surface area contributed by atoms with Crippen LogP contribution in [0.25, 0.3) is 22.5 Å². The van der Waals surface area contributed by atoms with Gasteiger partial charge in [-0.25, -0.2) is 13.4 Å². The molecule has 30 heavy (non-hydrogen) atoms. The number of aromatic nitrogens is 3. The summed E-state index contributed by atoms with van der Waals surface area (Å²) < 4.78 is 28.4. The predicted octanol–water partition coefficient (Wildman–Crippen LogP) is 3.92. The molecule has 1 aromatic heterocycles. The first-order valence-corrected chi connectivity index (χ1v) is 12.1. The highest BCUT2D eigenvalue weighted by molar-refractivity contribution is 7.99. The minimum absolute atomic E-state index is 0.0674. The first-order valence-electron chi connectivity index (χ1n) is 8.87. The summed E-state index contributed by atoms with van der Waals surface area (Å²) in [5.41, 5.74) is 2.45. The second kappa shape index (κ2) is 9.55. The summed E-state index contributed by atoms with van der Waals surface area (Å²) in [6.07, 6.45) is 1.15. The van der Waals surface area contributed by atoms with Crippen LogP contribution in [-0.4, -0.2) is 48.2 Å². The van der Waals surface area contributed by atoms with E-state index in [1.54, 1.807) is 43.3 Å². The zero-order valence-corrected chi connectivity index (χ0v) is 18.6. The molecule has 10 heteroatoms. The SMILES string of the molecule is CCOC(=O)CSc1nnc(-c2ccc(S(C)(=O)=O)cc2)c(-c2ccc(Cl)cc2)n1. The third-order valence-electron chi connectivity index (χ3n) is 3.97. The zero-order valence-electron chi connectivity index (χ0n) is 16.2. The van der Waals surface area contributed by atoms with Crippen molar-refractivity contribution in [1.29, 1.82) is 0 Å². The molecule has 0 unspecified atom stereocenters. The Morgan fingerprint density at radius 2 is 1.60 bits per heavy atom. The van der Waals surface area contributed by atoms with Gasteiger partial charge in [-0.1, -0.05) is 47.6 Å². The Hall–Kier alpha value is -2.49. The highest BCUT2D eigenvalue weighted by atomic mass is 35.5. The molecule has 0 saturated heterocycles. The number of ether oxygens (including phenoxy) is 1. The molecule has 3 rings (SSSR count). The molecule has 7 nitrogen and oxygen atoms in total. The molecule has 0 aliphatic heterocycles. The fourth-order valence-electron chi connectivity index (χ4n) is 2.56. The van der Waals surface area contributed by atoms with Crippen molar-refractivity contribution in [3.05, 3.63) is 53.6 Å². The van der Waals surface area contributed by atoms with Gasteiger partial charge in [0.2, 0.25) is 5.16 Å². The molecule has 0 amide bonds. The Balaban J connectivity index is 2.01. The van der Waals surface area contributed by atoms with Crippen molar-refractivity contribution in [2.45, 2.75) is 17.0 Å². The van der Waals surface area contributed by atoms with E-state index in [-0.39, 0.29) is 16.6 Å². The number of carbonyl (C=O) groups is 1. The normalized spacial score (nSPS) is 11.3. The second-order valence-electron chi connectivity index (χ2n) is 6.19. The van der Waals surface area contributed by atoms with Gasteiger partial charge in [-0.05, 0) is 31.2 Å². The van der Waals surface area contributed by atoms with Gasteiger partial charge in [0.1, 0.15) is 11.4 Å². The van der Waals surface area contributed by atoms with Gasteiger partial charge in [0.15, 0.2) is 9.84 Å². The summed E-state index contributed by atoms with van der Waals surface area (Å²) in [7, 11) is -3.31. The Kier molecular flexibility index (Phi) is 7.06. The van der Waals surface area contributed by atoms with Crippen molar-refractivity contribution in [1.82, 2.24) is 15.2 Å². The van der Waals surface area contributed by atoms with Gasteiger partial charge in [-0.2, -0.15) is 0 Å². The topological polar surface area (TPSA) is 99.1 Å². The molecule has 0 radical (unpaired) electrons. The molecule has 156 valence electrons. The Bertz CT molecular complexity index is 1150. The Morgan fingerprint density at radius 3 is 2.20 bits per heavy atom. The molecule has 0 saturated carbocycles. The number of nitrogens with zero attached hydrogens (tertiary/aromatic N) is 3. The minimum Gasteiger partial charge on any atom is -0.465 e. The minimum atomic E-state index is -3.31. The standard InChI is InChI=1S/C20H18ClN3O4S2/c1-3-28-17(25)12-29-20-22-18(13-4-8-15(21)9-5-13)19(23-24-20)14-6-10-16(11-7-14)30(2,26)27/h4-11H,3,12H2,1-2H3. The molecule has 0 aliphatic carbocycles. The van der Waals surface area contributed by atoms with Gasteiger partial charge < -0.3 is 4.74 Å². The van der Waals surface area contributed by atoms with Crippen LogP contribution in [0.15, 0.2) is 58.6 Å². The van der Waals surface area contributed by atoms with E-state index >= 15 is 0 Å². The van der Waals surface area contributed by atoms with Crippen LogP contribution in [0.3, 0.4) is 0 Å². The molecular formula is C20H18ClN3O4S2. The smallest absolute Gasteiger partial charge is 0.316 e. The number of hydrogen-bond donors (Lipinski definition) is 0. The van der Waals surface area contributed by atoms with Crippen molar-refractivity contribution in [3.8, 4) is 22.5 Å². The van der Waals surface area contributed by atoms with E-state index in [1.807, 2.05) is 0 Å². The lowest BCUT2D eigenvalue weighted by Crippen LogP contribution is -2.08.